The maximum Gasteiger partial charge on any atom is 0.200 e. The standard InChI is InChI=1S/C32H68O4Si3/c1-18-27-28(36-39(24(2)3,25(4)5)26(6)7)21-19-20-22-29(35-38(16,17)32(11,12)13)30(34-27)23-33-37(14,15)31(8,9)10/h19-20,24-30H,18,21-23H2,1-17H3/b20-19-/t27-,28-,29+,30+/m1/s1. The van der Waals surface area contributed by atoms with Crippen LogP contribution in [0.4, 0.5) is 0 Å². The van der Waals surface area contributed by atoms with Crippen molar-refractivity contribution in [2.45, 2.75) is 187 Å². The van der Waals surface area contributed by atoms with E-state index in [0.29, 0.717) is 23.2 Å². The van der Waals surface area contributed by atoms with E-state index < -0.39 is 25.0 Å². The second-order valence-electron chi connectivity index (χ2n) is 16.0. The summed E-state index contributed by atoms with van der Waals surface area (Å²) < 4.78 is 28.5. The van der Waals surface area contributed by atoms with Crippen molar-refractivity contribution in [2.24, 2.45) is 0 Å². The van der Waals surface area contributed by atoms with Gasteiger partial charge in [-0.2, -0.15) is 0 Å². The van der Waals surface area contributed by atoms with E-state index in [1.165, 1.54) is 0 Å². The molecule has 0 bridgehead atoms. The second kappa shape index (κ2) is 14.1. The van der Waals surface area contributed by atoms with Crippen LogP contribution in [0.1, 0.15) is 109 Å². The van der Waals surface area contributed by atoms with E-state index in [4.69, 9.17) is 18.0 Å². The Balaban J connectivity index is 3.50. The van der Waals surface area contributed by atoms with Crippen LogP contribution in [0.5, 0.6) is 0 Å². The molecule has 0 aromatic carbocycles. The smallest absolute Gasteiger partial charge is 0.200 e. The average molecular weight is 601 g/mol. The molecule has 0 amide bonds. The quantitative estimate of drug-likeness (QED) is 0.175. The van der Waals surface area contributed by atoms with Gasteiger partial charge in [-0.05, 0) is 72.2 Å². The average Bonchev–Trinajstić information content (AvgIpc) is 2.83. The molecule has 0 unspecified atom stereocenters. The molecule has 4 atom stereocenters. The highest BCUT2D eigenvalue weighted by Crippen LogP contribution is 2.45. The summed E-state index contributed by atoms with van der Waals surface area (Å²) in [6.07, 6.45) is 7.24. The normalized spacial score (nSPS) is 25.6. The third kappa shape index (κ3) is 9.36. The summed E-state index contributed by atoms with van der Waals surface area (Å²) in [7, 11) is -6.04. The molecule has 0 radical (unpaired) electrons. The van der Waals surface area contributed by atoms with Crippen LogP contribution in [-0.2, 0) is 18.0 Å². The van der Waals surface area contributed by atoms with Crippen molar-refractivity contribution < 1.29 is 18.0 Å². The molecule has 4 nitrogen and oxygen atoms in total. The fraction of sp³-hybridized carbons (Fsp3) is 0.938. The van der Waals surface area contributed by atoms with Gasteiger partial charge in [0.05, 0.1) is 24.9 Å². The summed E-state index contributed by atoms with van der Waals surface area (Å²) in [5.41, 5.74) is 1.62. The first-order valence-corrected chi connectivity index (χ1v) is 23.8. The monoisotopic (exact) mass is 600 g/mol. The number of hydrogen-bond acceptors (Lipinski definition) is 4. The first kappa shape index (κ1) is 37.3. The van der Waals surface area contributed by atoms with Crippen molar-refractivity contribution >= 4 is 25.0 Å². The summed E-state index contributed by atoms with van der Waals surface area (Å²) in [5.74, 6) is 0. The molecule has 0 spiro atoms. The Morgan fingerprint density at radius 2 is 1.10 bits per heavy atom. The van der Waals surface area contributed by atoms with Crippen LogP contribution in [-0.4, -0.2) is 56.0 Å². The van der Waals surface area contributed by atoms with Gasteiger partial charge in [-0.3, -0.25) is 0 Å². The van der Waals surface area contributed by atoms with Crippen LogP contribution >= 0.6 is 0 Å². The lowest BCUT2D eigenvalue weighted by atomic mass is 10.1. The van der Waals surface area contributed by atoms with Crippen LogP contribution in [0.25, 0.3) is 0 Å². The van der Waals surface area contributed by atoms with Gasteiger partial charge in [0.1, 0.15) is 6.10 Å². The van der Waals surface area contributed by atoms with E-state index in [9.17, 15) is 0 Å². The topological polar surface area (TPSA) is 36.9 Å². The third-order valence-electron chi connectivity index (χ3n) is 10.2. The summed E-state index contributed by atoms with van der Waals surface area (Å²) in [6, 6.07) is 0. The number of ether oxygens (including phenoxy) is 1. The maximum atomic E-state index is 7.39. The zero-order valence-electron chi connectivity index (χ0n) is 29.2. The molecule has 0 aromatic heterocycles. The van der Waals surface area contributed by atoms with E-state index in [2.05, 4.69) is 128 Å². The van der Waals surface area contributed by atoms with Crippen molar-refractivity contribution in [1.29, 1.82) is 0 Å². The molecule has 1 aliphatic heterocycles. The highest BCUT2D eigenvalue weighted by atomic mass is 28.4. The van der Waals surface area contributed by atoms with Crippen LogP contribution in [0.15, 0.2) is 12.2 Å². The molecule has 39 heavy (non-hydrogen) atoms. The minimum absolute atomic E-state index is 0.00871. The SMILES string of the molecule is CC[C@H]1O[C@@H](CO[Si](C)(C)C(C)(C)C)[C@@H](O[Si](C)(C)C(C)(C)C)C/C=C\C[C@H]1O[Si](C(C)C)(C(C)C)C(C)C. The van der Waals surface area contributed by atoms with Crippen molar-refractivity contribution in [2.75, 3.05) is 6.61 Å². The molecule has 7 heteroatoms. The molecule has 1 aliphatic rings. The van der Waals surface area contributed by atoms with Crippen LogP contribution in [0.2, 0.25) is 52.9 Å². The summed E-state index contributed by atoms with van der Waals surface area (Å²) in [5, 5.41) is 0.279. The van der Waals surface area contributed by atoms with Gasteiger partial charge < -0.3 is 18.0 Å². The Bertz CT molecular complexity index is 741. The van der Waals surface area contributed by atoms with Gasteiger partial charge in [0.15, 0.2) is 16.6 Å². The van der Waals surface area contributed by atoms with Gasteiger partial charge in [-0.25, -0.2) is 0 Å². The fourth-order valence-electron chi connectivity index (χ4n) is 5.65. The minimum Gasteiger partial charge on any atom is -0.414 e. The lowest BCUT2D eigenvalue weighted by molar-refractivity contribution is -0.121. The Hall–Kier alpha value is 0.231. The van der Waals surface area contributed by atoms with E-state index in [-0.39, 0.29) is 34.5 Å². The second-order valence-corrected chi connectivity index (χ2v) is 31.0. The largest absolute Gasteiger partial charge is 0.414 e. The van der Waals surface area contributed by atoms with Gasteiger partial charge in [-0.1, -0.05) is 102 Å². The first-order chi connectivity index (χ1) is 17.5. The van der Waals surface area contributed by atoms with E-state index in [1.807, 2.05) is 0 Å². The molecular weight excluding hydrogens is 533 g/mol. The Morgan fingerprint density at radius 1 is 0.692 bits per heavy atom. The van der Waals surface area contributed by atoms with Gasteiger partial charge >= 0.3 is 0 Å². The van der Waals surface area contributed by atoms with Gasteiger partial charge in [-0.15, -0.1) is 0 Å². The number of hydrogen-bond donors (Lipinski definition) is 0. The molecule has 0 saturated carbocycles. The van der Waals surface area contributed by atoms with Crippen molar-refractivity contribution in [3.05, 3.63) is 12.2 Å². The highest BCUT2D eigenvalue weighted by molar-refractivity contribution is 6.77. The Morgan fingerprint density at radius 3 is 1.46 bits per heavy atom. The predicted molar refractivity (Wildman–Crippen MR) is 178 cm³/mol. The molecule has 0 N–H and O–H groups in total. The van der Waals surface area contributed by atoms with Crippen LogP contribution in [0, 0.1) is 0 Å². The molecular formula is C32H68O4Si3. The maximum absolute atomic E-state index is 7.39. The summed E-state index contributed by atoms with van der Waals surface area (Å²) >= 11 is 0. The van der Waals surface area contributed by atoms with Gasteiger partial charge in [0.25, 0.3) is 0 Å². The molecule has 0 aromatic rings. The molecule has 1 rings (SSSR count). The van der Waals surface area contributed by atoms with E-state index in [0.717, 1.165) is 19.3 Å². The highest BCUT2D eigenvalue weighted by Gasteiger charge is 2.49. The first-order valence-electron chi connectivity index (χ1n) is 15.8. The van der Waals surface area contributed by atoms with Crippen molar-refractivity contribution in [3.63, 3.8) is 0 Å². The van der Waals surface area contributed by atoms with E-state index in [1.54, 1.807) is 0 Å². The van der Waals surface area contributed by atoms with Crippen LogP contribution < -0.4 is 0 Å². The third-order valence-corrected chi connectivity index (χ3v) is 25.3. The molecule has 1 heterocycles. The lowest BCUT2D eigenvalue weighted by Crippen LogP contribution is -2.54. The van der Waals surface area contributed by atoms with Gasteiger partial charge in [0.2, 0.25) is 8.32 Å². The fourth-order valence-corrected chi connectivity index (χ4v) is 13.6. The summed E-state index contributed by atoms with van der Waals surface area (Å²) in [6.45, 7) is 40.3. The van der Waals surface area contributed by atoms with Gasteiger partial charge in [0, 0.05) is 0 Å². The Labute approximate surface area is 247 Å². The summed E-state index contributed by atoms with van der Waals surface area (Å²) in [4.78, 5) is 0. The zero-order valence-corrected chi connectivity index (χ0v) is 32.2. The van der Waals surface area contributed by atoms with E-state index >= 15 is 0 Å². The zero-order chi connectivity index (χ0) is 30.6. The van der Waals surface area contributed by atoms with Crippen molar-refractivity contribution in [1.82, 2.24) is 0 Å². The van der Waals surface area contributed by atoms with Crippen LogP contribution in [0.3, 0.4) is 0 Å². The molecule has 232 valence electrons. The minimum atomic E-state index is -2.07. The number of rotatable bonds is 11. The predicted octanol–water partition coefficient (Wildman–Crippen LogP) is 10.5. The molecule has 0 fully saturated rings. The lowest BCUT2D eigenvalue weighted by Gasteiger charge is -2.47. The van der Waals surface area contributed by atoms with Crippen molar-refractivity contribution in [3.8, 4) is 0 Å². The molecule has 0 aliphatic carbocycles. The molecule has 0 saturated heterocycles. The Kier molecular flexibility index (Phi) is 13.5.